The minimum atomic E-state index is -0.412. The first-order valence-corrected chi connectivity index (χ1v) is 13.3. The predicted octanol–water partition coefficient (Wildman–Crippen LogP) is 5.42. The molecule has 0 saturated heterocycles. The normalized spacial score (nSPS) is 11.9. The van der Waals surface area contributed by atoms with Crippen LogP contribution < -0.4 is 5.32 Å². The molecule has 3 heterocycles. The van der Waals surface area contributed by atoms with Crippen molar-refractivity contribution in [1.29, 1.82) is 0 Å². The molecule has 0 bridgehead atoms. The van der Waals surface area contributed by atoms with Crippen molar-refractivity contribution in [1.82, 2.24) is 34.9 Å². The molecule has 0 unspecified atom stereocenters. The topological polar surface area (TPSA) is 91.7 Å². The molecule has 0 atom stereocenters. The standard InChI is InChI=1S/C31H34FN7O/c1-31(2,3)24-10-8-20(9-11-24)30(40)33-16-22-7-6-21(14-26(22)32)28-25-15-27(37-29(25)35-19-34-28)23-17-36-39(18-23)13-12-38(4)5/h6-11,14-15,17-19H,12-13,16H2,1-5H3,(H,33,40)(H,34,35,37). The number of H-pyrrole nitrogens is 1. The van der Waals surface area contributed by atoms with Crippen molar-refractivity contribution < 1.29 is 9.18 Å². The van der Waals surface area contributed by atoms with Gasteiger partial charge in [-0.25, -0.2) is 14.4 Å². The summed E-state index contributed by atoms with van der Waals surface area (Å²) in [6.45, 7) is 8.13. The smallest absolute Gasteiger partial charge is 0.251 e. The van der Waals surface area contributed by atoms with Crippen LogP contribution in [0, 0.1) is 5.82 Å². The van der Waals surface area contributed by atoms with E-state index >= 15 is 4.39 Å². The molecule has 8 nitrogen and oxygen atoms in total. The van der Waals surface area contributed by atoms with Gasteiger partial charge in [0.2, 0.25) is 0 Å². The zero-order valence-electron chi connectivity index (χ0n) is 23.5. The van der Waals surface area contributed by atoms with E-state index in [1.54, 1.807) is 18.2 Å². The largest absolute Gasteiger partial charge is 0.348 e. The third-order valence-electron chi connectivity index (χ3n) is 6.93. The van der Waals surface area contributed by atoms with Crippen molar-refractivity contribution in [3.63, 3.8) is 0 Å². The molecule has 0 aliphatic heterocycles. The third kappa shape index (κ3) is 5.94. The molecule has 9 heteroatoms. The molecule has 0 saturated carbocycles. The minimum absolute atomic E-state index is 0.00607. The highest BCUT2D eigenvalue weighted by atomic mass is 19.1. The van der Waals surface area contributed by atoms with Gasteiger partial charge in [-0.05, 0) is 49.3 Å². The second kappa shape index (κ2) is 11.0. The lowest BCUT2D eigenvalue weighted by molar-refractivity contribution is 0.0950. The maximum absolute atomic E-state index is 15.2. The molecule has 0 aliphatic rings. The lowest BCUT2D eigenvalue weighted by Gasteiger charge is -2.19. The zero-order valence-corrected chi connectivity index (χ0v) is 23.5. The van der Waals surface area contributed by atoms with Crippen LogP contribution in [-0.2, 0) is 18.5 Å². The first-order chi connectivity index (χ1) is 19.1. The summed E-state index contributed by atoms with van der Waals surface area (Å²) in [5, 5.41) is 8.06. The van der Waals surface area contributed by atoms with Crippen LogP contribution in [-0.4, -0.2) is 56.2 Å². The molecule has 0 aliphatic carbocycles. The summed E-state index contributed by atoms with van der Waals surface area (Å²) in [7, 11) is 4.06. The Morgan fingerprint density at radius 3 is 2.52 bits per heavy atom. The highest BCUT2D eigenvalue weighted by Gasteiger charge is 2.16. The molecule has 40 heavy (non-hydrogen) atoms. The summed E-state index contributed by atoms with van der Waals surface area (Å²) in [5.74, 6) is -0.656. The summed E-state index contributed by atoms with van der Waals surface area (Å²) < 4.78 is 17.1. The monoisotopic (exact) mass is 539 g/mol. The highest BCUT2D eigenvalue weighted by molar-refractivity contribution is 5.95. The van der Waals surface area contributed by atoms with Gasteiger partial charge in [0.25, 0.3) is 5.91 Å². The summed E-state index contributed by atoms with van der Waals surface area (Å²) in [6, 6.07) is 14.4. The number of benzene rings is 2. The number of nitrogens with one attached hydrogen (secondary N) is 2. The summed E-state index contributed by atoms with van der Waals surface area (Å²) in [6.07, 6.45) is 5.27. The van der Waals surface area contributed by atoms with Crippen LogP contribution >= 0.6 is 0 Å². The molecule has 1 amide bonds. The van der Waals surface area contributed by atoms with Crippen LogP contribution in [0.1, 0.15) is 42.3 Å². The number of likely N-dealkylation sites (N-methyl/N-ethyl adjacent to an activating group) is 1. The first kappa shape index (κ1) is 27.2. The number of hydrogen-bond donors (Lipinski definition) is 2. The zero-order chi connectivity index (χ0) is 28.4. The van der Waals surface area contributed by atoms with Crippen molar-refractivity contribution in [3.8, 4) is 22.5 Å². The van der Waals surface area contributed by atoms with Crippen molar-refractivity contribution in [2.45, 2.75) is 39.3 Å². The van der Waals surface area contributed by atoms with Gasteiger partial charge in [0.1, 0.15) is 17.8 Å². The number of aromatic nitrogens is 5. The van der Waals surface area contributed by atoms with E-state index in [1.165, 1.54) is 12.4 Å². The number of amides is 1. The fourth-order valence-corrected chi connectivity index (χ4v) is 4.49. The number of aromatic amines is 1. The van der Waals surface area contributed by atoms with Crippen LogP contribution in [0.3, 0.4) is 0 Å². The molecule has 0 radical (unpaired) electrons. The third-order valence-corrected chi connectivity index (χ3v) is 6.93. The van der Waals surface area contributed by atoms with Gasteiger partial charge in [0.05, 0.1) is 24.1 Å². The second-order valence-corrected chi connectivity index (χ2v) is 11.3. The van der Waals surface area contributed by atoms with Crippen molar-refractivity contribution >= 4 is 16.9 Å². The minimum Gasteiger partial charge on any atom is -0.348 e. The molecular weight excluding hydrogens is 505 g/mol. The van der Waals surface area contributed by atoms with E-state index in [1.807, 2.05) is 55.4 Å². The summed E-state index contributed by atoms with van der Waals surface area (Å²) in [4.78, 5) is 26.9. The van der Waals surface area contributed by atoms with Crippen LogP contribution in [0.25, 0.3) is 33.5 Å². The average molecular weight is 540 g/mol. The molecule has 206 valence electrons. The number of halogens is 1. The van der Waals surface area contributed by atoms with Crippen LogP contribution in [0.5, 0.6) is 0 Å². The Morgan fingerprint density at radius 2 is 1.82 bits per heavy atom. The number of nitrogens with zero attached hydrogens (tertiary/aromatic N) is 5. The summed E-state index contributed by atoms with van der Waals surface area (Å²) >= 11 is 0. The van der Waals surface area contributed by atoms with E-state index in [0.29, 0.717) is 28.0 Å². The van der Waals surface area contributed by atoms with Crippen LogP contribution in [0.4, 0.5) is 4.39 Å². The van der Waals surface area contributed by atoms with E-state index in [4.69, 9.17) is 0 Å². The lowest BCUT2D eigenvalue weighted by atomic mass is 9.87. The van der Waals surface area contributed by atoms with E-state index in [0.717, 1.165) is 35.3 Å². The van der Waals surface area contributed by atoms with Gasteiger partial charge < -0.3 is 15.2 Å². The highest BCUT2D eigenvalue weighted by Crippen LogP contribution is 2.30. The van der Waals surface area contributed by atoms with E-state index in [9.17, 15) is 4.79 Å². The molecule has 2 aromatic carbocycles. The molecule has 3 aromatic heterocycles. The Hall–Kier alpha value is -4.37. The predicted molar refractivity (Wildman–Crippen MR) is 155 cm³/mol. The summed E-state index contributed by atoms with van der Waals surface area (Å²) in [5.41, 5.74) is 5.81. The van der Waals surface area contributed by atoms with Crippen LogP contribution in [0.15, 0.2) is 67.3 Å². The fraction of sp³-hybridized carbons (Fsp3) is 0.290. The maximum atomic E-state index is 15.2. The van der Waals surface area contributed by atoms with Gasteiger partial charge >= 0.3 is 0 Å². The second-order valence-electron chi connectivity index (χ2n) is 11.3. The average Bonchev–Trinajstić information content (AvgIpc) is 3.58. The number of hydrogen-bond acceptors (Lipinski definition) is 5. The Morgan fingerprint density at radius 1 is 1.05 bits per heavy atom. The molecule has 5 aromatic rings. The molecule has 0 spiro atoms. The van der Waals surface area contributed by atoms with Crippen molar-refractivity contribution in [3.05, 3.63) is 89.8 Å². The van der Waals surface area contributed by atoms with Gasteiger partial charge in [-0.1, -0.05) is 45.0 Å². The number of carbonyl (C=O) groups excluding carboxylic acids is 1. The SMILES string of the molecule is CN(C)CCn1cc(-c2cc3c(-c4ccc(CNC(=O)c5ccc(C(C)(C)C)cc5)c(F)c4)ncnc3[nH]2)cn1. The van der Waals surface area contributed by atoms with Gasteiger partial charge in [0.15, 0.2) is 0 Å². The Kier molecular flexibility index (Phi) is 7.49. The van der Waals surface area contributed by atoms with Crippen LogP contribution in [0.2, 0.25) is 0 Å². The van der Waals surface area contributed by atoms with Gasteiger partial charge in [-0.15, -0.1) is 0 Å². The Labute approximate surface area is 233 Å². The molecule has 0 fully saturated rings. The lowest BCUT2D eigenvalue weighted by Crippen LogP contribution is -2.23. The van der Waals surface area contributed by atoms with Crippen molar-refractivity contribution in [2.24, 2.45) is 0 Å². The van der Waals surface area contributed by atoms with E-state index in [-0.39, 0.29) is 17.9 Å². The fourth-order valence-electron chi connectivity index (χ4n) is 4.49. The van der Waals surface area contributed by atoms with E-state index in [2.05, 4.69) is 51.0 Å². The van der Waals surface area contributed by atoms with Gasteiger partial charge in [-0.3, -0.25) is 9.48 Å². The maximum Gasteiger partial charge on any atom is 0.251 e. The van der Waals surface area contributed by atoms with Gasteiger partial charge in [-0.2, -0.15) is 5.10 Å². The van der Waals surface area contributed by atoms with E-state index < -0.39 is 5.82 Å². The number of rotatable bonds is 8. The number of fused-ring (bicyclic) bond motifs is 1. The Bertz CT molecular complexity index is 1640. The quantitative estimate of drug-likeness (QED) is 0.275. The molecule has 5 rings (SSSR count). The van der Waals surface area contributed by atoms with Gasteiger partial charge in [0, 0.05) is 46.9 Å². The molecule has 2 N–H and O–H groups in total. The Balaban J connectivity index is 1.31. The van der Waals surface area contributed by atoms with Crippen molar-refractivity contribution in [2.75, 3.05) is 20.6 Å². The molecular formula is C31H34FN7O. The number of carbonyl (C=O) groups is 1. The first-order valence-electron chi connectivity index (χ1n) is 13.3.